The van der Waals surface area contributed by atoms with E-state index < -0.39 is 26.1 Å². The van der Waals surface area contributed by atoms with Crippen molar-refractivity contribution in [1.82, 2.24) is 8.61 Å². The van der Waals surface area contributed by atoms with Crippen LogP contribution < -0.4 is 9.47 Å². The van der Waals surface area contributed by atoms with E-state index in [1.165, 1.54) is 8.61 Å². The van der Waals surface area contributed by atoms with Crippen LogP contribution in [0.25, 0.3) is 0 Å². The van der Waals surface area contributed by atoms with Crippen LogP contribution >= 0.6 is 0 Å². The van der Waals surface area contributed by atoms with E-state index in [0.717, 1.165) is 11.1 Å². The average Bonchev–Trinajstić information content (AvgIpc) is 2.84. The first-order chi connectivity index (χ1) is 17.3. The molecule has 2 aromatic carbocycles. The highest BCUT2D eigenvalue weighted by Gasteiger charge is 2.38. The molecule has 0 N–H and O–H groups in total. The minimum absolute atomic E-state index is 0.0693. The first-order valence-electron chi connectivity index (χ1n) is 12.9. The van der Waals surface area contributed by atoms with E-state index in [2.05, 4.69) is 0 Å². The van der Waals surface area contributed by atoms with Crippen molar-refractivity contribution in [1.29, 1.82) is 0 Å². The highest BCUT2D eigenvalue weighted by Crippen LogP contribution is 2.33. The Morgan fingerprint density at radius 3 is 1.65 bits per heavy atom. The molecule has 0 radical (unpaired) electrons. The summed E-state index contributed by atoms with van der Waals surface area (Å²) < 4.78 is 68.4. The van der Waals surface area contributed by atoms with Gasteiger partial charge >= 0.3 is 0 Å². The Morgan fingerprint density at radius 1 is 0.784 bits per heavy atom. The minimum Gasteiger partial charge on any atom is -0.494 e. The Labute approximate surface area is 222 Å². The van der Waals surface area contributed by atoms with Crippen molar-refractivity contribution in [3.8, 4) is 11.5 Å². The van der Waals surface area contributed by atoms with Gasteiger partial charge < -0.3 is 9.47 Å². The van der Waals surface area contributed by atoms with Gasteiger partial charge in [-0.3, -0.25) is 0 Å². The van der Waals surface area contributed by atoms with E-state index in [0.29, 0.717) is 24.7 Å². The third-order valence-corrected chi connectivity index (χ3v) is 10.5. The summed E-state index contributed by atoms with van der Waals surface area (Å²) in [5, 5.41) is 0. The summed E-state index contributed by atoms with van der Waals surface area (Å²) in [5.41, 5.74) is 1.65. The number of nitrogens with zero attached hydrogens (tertiary/aromatic N) is 2. The van der Waals surface area contributed by atoms with Crippen LogP contribution in [-0.4, -0.2) is 64.3 Å². The van der Waals surface area contributed by atoms with Gasteiger partial charge in [0.25, 0.3) is 0 Å². The molecule has 206 valence electrons. The summed E-state index contributed by atoms with van der Waals surface area (Å²) in [5.74, 6) is 1.52. The molecule has 0 aliphatic carbocycles. The van der Waals surface area contributed by atoms with Gasteiger partial charge in [-0.2, -0.15) is 8.61 Å². The summed E-state index contributed by atoms with van der Waals surface area (Å²) in [7, 11) is -7.63. The number of hydrogen-bond donors (Lipinski definition) is 0. The molecule has 0 spiro atoms. The predicted molar refractivity (Wildman–Crippen MR) is 146 cm³/mol. The fourth-order valence-electron chi connectivity index (χ4n) is 4.62. The minimum atomic E-state index is -3.82. The quantitative estimate of drug-likeness (QED) is 0.420. The molecule has 1 aliphatic rings. The molecule has 0 aromatic heterocycles. The molecule has 1 saturated heterocycles. The van der Waals surface area contributed by atoms with Crippen molar-refractivity contribution in [2.75, 3.05) is 32.8 Å². The maximum atomic E-state index is 13.6. The van der Waals surface area contributed by atoms with Crippen molar-refractivity contribution in [2.24, 2.45) is 0 Å². The molecule has 0 unspecified atom stereocenters. The monoisotopic (exact) mass is 552 g/mol. The lowest BCUT2D eigenvalue weighted by atomic mass is 10.0. The molecule has 3 rings (SSSR count). The molecule has 1 fully saturated rings. The lowest BCUT2D eigenvalue weighted by Crippen LogP contribution is -2.55. The van der Waals surface area contributed by atoms with E-state index in [9.17, 15) is 16.8 Å². The van der Waals surface area contributed by atoms with E-state index in [-0.39, 0.29) is 41.3 Å². The molecule has 2 aromatic rings. The van der Waals surface area contributed by atoms with Crippen LogP contribution in [0.5, 0.6) is 11.5 Å². The third-order valence-electron chi connectivity index (χ3n) is 6.58. The van der Waals surface area contributed by atoms with E-state index in [1.54, 1.807) is 43.3 Å². The normalized spacial score (nSPS) is 17.9. The van der Waals surface area contributed by atoms with Crippen LogP contribution in [0.15, 0.2) is 46.2 Å². The van der Waals surface area contributed by atoms with Crippen molar-refractivity contribution in [2.45, 2.75) is 76.1 Å². The van der Waals surface area contributed by atoms with Crippen LogP contribution in [0.3, 0.4) is 0 Å². The number of piperazine rings is 1. The maximum absolute atomic E-state index is 13.6. The predicted octanol–water partition coefficient (Wildman–Crippen LogP) is 4.81. The van der Waals surface area contributed by atoms with Gasteiger partial charge in [-0.1, -0.05) is 27.7 Å². The summed E-state index contributed by atoms with van der Waals surface area (Å²) in [4.78, 5) is 0.382. The van der Waals surface area contributed by atoms with Gasteiger partial charge in [0.05, 0.1) is 23.0 Å². The summed E-state index contributed by atoms with van der Waals surface area (Å²) in [6.07, 6.45) is 0. The number of sulfonamides is 2. The number of ether oxygens (including phenoxy) is 2. The highest BCUT2D eigenvalue weighted by atomic mass is 32.2. The van der Waals surface area contributed by atoms with E-state index in [4.69, 9.17) is 9.47 Å². The largest absolute Gasteiger partial charge is 0.494 e. The molecule has 0 saturated carbocycles. The first kappa shape index (κ1) is 29.4. The molecular formula is C27H40N2O6S2. The van der Waals surface area contributed by atoms with Crippen LogP contribution in [0.2, 0.25) is 0 Å². The van der Waals surface area contributed by atoms with Gasteiger partial charge in [0, 0.05) is 25.7 Å². The Hall–Kier alpha value is -2.14. The van der Waals surface area contributed by atoms with Crippen LogP contribution in [-0.2, 0) is 20.0 Å². The Kier molecular flexibility index (Phi) is 9.32. The molecule has 0 bridgehead atoms. The summed E-state index contributed by atoms with van der Waals surface area (Å²) >= 11 is 0. The molecule has 0 amide bonds. The first-order valence-corrected chi connectivity index (χ1v) is 15.8. The summed E-state index contributed by atoms with van der Waals surface area (Å²) in [6.45, 7) is 14.7. The van der Waals surface area contributed by atoms with Gasteiger partial charge in [-0.15, -0.1) is 0 Å². The molecule has 1 aliphatic heterocycles. The van der Waals surface area contributed by atoms with Gasteiger partial charge in [-0.05, 0) is 80.1 Å². The fourth-order valence-corrected chi connectivity index (χ4v) is 7.81. The zero-order valence-corrected chi connectivity index (χ0v) is 24.5. The molecule has 1 atom stereocenters. The van der Waals surface area contributed by atoms with Crippen molar-refractivity contribution in [3.05, 3.63) is 47.5 Å². The van der Waals surface area contributed by atoms with Crippen molar-refractivity contribution in [3.63, 3.8) is 0 Å². The second-order valence-corrected chi connectivity index (χ2v) is 13.7. The van der Waals surface area contributed by atoms with E-state index >= 15 is 0 Å². The molecule has 1 heterocycles. The average molecular weight is 553 g/mol. The number of rotatable bonds is 10. The molecule has 37 heavy (non-hydrogen) atoms. The smallest absolute Gasteiger partial charge is 0.243 e. The Bertz CT molecular complexity index is 1310. The van der Waals surface area contributed by atoms with Crippen LogP contribution in [0, 0.1) is 0 Å². The zero-order valence-electron chi connectivity index (χ0n) is 22.9. The second-order valence-electron chi connectivity index (χ2n) is 9.90. The maximum Gasteiger partial charge on any atom is 0.243 e. The lowest BCUT2D eigenvalue weighted by Gasteiger charge is -2.38. The van der Waals surface area contributed by atoms with Crippen LogP contribution in [0.4, 0.5) is 0 Å². The zero-order chi connectivity index (χ0) is 27.5. The Morgan fingerprint density at radius 2 is 1.24 bits per heavy atom. The standard InChI is InChI=1S/C27H40N2O6S2/c1-8-34-26-12-10-22(16-24(26)19(3)4)36(30,31)28-14-15-29(21(7)18-28)37(32,33)23-11-13-27(35-9-2)25(17-23)20(5)6/h10-13,16-17,19-21H,8-9,14-15,18H2,1-7H3/t21-/m1/s1. The Balaban J connectivity index is 1.86. The lowest BCUT2D eigenvalue weighted by molar-refractivity contribution is 0.212. The van der Waals surface area contributed by atoms with Gasteiger partial charge in [0.15, 0.2) is 0 Å². The van der Waals surface area contributed by atoms with E-state index in [1.807, 2.05) is 41.5 Å². The summed E-state index contributed by atoms with van der Waals surface area (Å²) in [6, 6.07) is 9.35. The van der Waals surface area contributed by atoms with Crippen molar-refractivity contribution >= 4 is 20.0 Å². The van der Waals surface area contributed by atoms with Crippen molar-refractivity contribution < 1.29 is 26.3 Å². The number of benzene rings is 2. The SMILES string of the molecule is CCOc1ccc(S(=O)(=O)N2CCN(S(=O)(=O)c3ccc(OCC)c(C(C)C)c3)[C@H](C)C2)cc1C(C)C. The third kappa shape index (κ3) is 6.13. The van der Waals surface area contributed by atoms with Gasteiger partial charge in [0.2, 0.25) is 20.0 Å². The highest BCUT2D eigenvalue weighted by molar-refractivity contribution is 7.89. The van der Waals surface area contributed by atoms with Gasteiger partial charge in [-0.25, -0.2) is 16.8 Å². The topological polar surface area (TPSA) is 93.2 Å². The molecule has 8 nitrogen and oxygen atoms in total. The molecule has 10 heteroatoms. The van der Waals surface area contributed by atoms with Crippen LogP contribution in [0.1, 0.15) is 71.4 Å². The molecular weight excluding hydrogens is 512 g/mol. The number of hydrogen-bond acceptors (Lipinski definition) is 6. The van der Waals surface area contributed by atoms with Gasteiger partial charge in [0.1, 0.15) is 11.5 Å². The second kappa shape index (κ2) is 11.7. The fraction of sp³-hybridized carbons (Fsp3) is 0.556.